The van der Waals surface area contributed by atoms with Gasteiger partial charge in [0.25, 0.3) is 0 Å². The number of carbonyl (C=O) groups is 1. The molecule has 0 saturated heterocycles. The number of aromatic hydroxyl groups is 1. The minimum atomic E-state index is -1.17. The molecule has 0 bridgehead atoms. The second-order valence-corrected chi connectivity index (χ2v) is 2.93. The van der Waals surface area contributed by atoms with Gasteiger partial charge < -0.3 is 10.2 Å². The van der Waals surface area contributed by atoms with Crippen molar-refractivity contribution >= 4 is 5.97 Å². The van der Waals surface area contributed by atoms with Gasteiger partial charge in [0.2, 0.25) is 0 Å². The summed E-state index contributed by atoms with van der Waals surface area (Å²) in [7, 11) is 0. The van der Waals surface area contributed by atoms with Crippen molar-refractivity contribution in [3.05, 3.63) is 40.3 Å². The van der Waals surface area contributed by atoms with Gasteiger partial charge in [-0.1, -0.05) is 17.2 Å². The number of benzene rings is 1. The van der Waals surface area contributed by atoms with Crippen LogP contribution in [0.25, 0.3) is 10.4 Å². The van der Waals surface area contributed by atoms with Crippen molar-refractivity contribution in [2.45, 2.75) is 12.5 Å². The fourth-order valence-corrected chi connectivity index (χ4v) is 1.10. The first kappa shape index (κ1) is 10.9. The fourth-order valence-electron chi connectivity index (χ4n) is 1.10. The lowest BCUT2D eigenvalue weighted by Crippen LogP contribution is -2.19. The molecular formula is C9H9N3O3. The molecule has 6 nitrogen and oxygen atoms in total. The Morgan fingerprint density at radius 1 is 1.47 bits per heavy atom. The minimum absolute atomic E-state index is 0.106. The third-order valence-electron chi connectivity index (χ3n) is 1.84. The molecule has 6 heteroatoms. The molecule has 0 aliphatic carbocycles. The highest BCUT2D eigenvalue weighted by molar-refractivity contribution is 5.74. The Bertz CT molecular complexity index is 394. The predicted octanol–water partition coefficient (Wildman–Crippen LogP) is 1.70. The average Bonchev–Trinajstić information content (AvgIpc) is 2.20. The number of aliphatic carboxylic acids is 1. The summed E-state index contributed by atoms with van der Waals surface area (Å²) in [6.45, 7) is 0. The van der Waals surface area contributed by atoms with Crippen LogP contribution in [-0.4, -0.2) is 22.2 Å². The summed E-state index contributed by atoms with van der Waals surface area (Å²) in [5.74, 6) is -1.06. The zero-order valence-corrected chi connectivity index (χ0v) is 7.74. The third-order valence-corrected chi connectivity index (χ3v) is 1.84. The quantitative estimate of drug-likeness (QED) is 0.445. The Balaban J connectivity index is 2.78. The molecule has 0 aliphatic rings. The van der Waals surface area contributed by atoms with E-state index in [-0.39, 0.29) is 12.2 Å². The van der Waals surface area contributed by atoms with Gasteiger partial charge in [0, 0.05) is 4.91 Å². The number of nitrogens with zero attached hydrogens (tertiary/aromatic N) is 3. The second-order valence-electron chi connectivity index (χ2n) is 2.93. The second kappa shape index (κ2) is 4.88. The van der Waals surface area contributed by atoms with Gasteiger partial charge in [-0.2, -0.15) is 0 Å². The van der Waals surface area contributed by atoms with Gasteiger partial charge >= 0.3 is 5.97 Å². The molecule has 1 aromatic carbocycles. The van der Waals surface area contributed by atoms with E-state index in [9.17, 15) is 4.79 Å². The number of hydrogen-bond acceptors (Lipinski definition) is 3. The molecule has 0 aromatic heterocycles. The van der Waals surface area contributed by atoms with Crippen molar-refractivity contribution in [2.75, 3.05) is 0 Å². The van der Waals surface area contributed by atoms with Crippen LogP contribution >= 0.6 is 0 Å². The Morgan fingerprint density at radius 2 is 2.07 bits per heavy atom. The molecule has 0 aliphatic heterocycles. The van der Waals surface area contributed by atoms with E-state index in [4.69, 9.17) is 15.7 Å². The van der Waals surface area contributed by atoms with Crippen LogP contribution < -0.4 is 0 Å². The van der Waals surface area contributed by atoms with E-state index in [1.807, 2.05) is 0 Å². The number of hydrogen-bond donors (Lipinski definition) is 2. The van der Waals surface area contributed by atoms with Crippen LogP contribution in [0.3, 0.4) is 0 Å². The summed E-state index contributed by atoms with van der Waals surface area (Å²) in [5.41, 5.74) is 8.85. The van der Waals surface area contributed by atoms with Crippen molar-refractivity contribution in [2.24, 2.45) is 5.11 Å². The van der Waals surface area contributed by atoms with Crippen molar-refractivity contribution < 1.29 is 15.0 Å². The Hall–Kier alpha value is -2.20. The largest absolute Gasteiger partial charge is 0.508 e. The summed E-state index contributed by atoms with van der Waals surface area (Å²) in [4.78, 5) is 13.1. The first-order valence-corrected chi connectivity index (χ1v) is 4.18. The summed E-state index contributed by atoms with van der Waals surface area (Å²) < 4.78 is 0. The summed E-state index contributed by atoms with van der Waals surface area (Å²) >= 11 is 0. The van der Waals surface area contributed by atoms with Crippen LogP contribution in [0.2, 0.25) is 0 Å². The smallest absolute Gasteiger partial charge is 0.312 e. The molecule has 1 atom stereocenters. The molecule has 1 unspecified atom stereocenters. The maximum Gasteiger partial charge on any atom is 0.312 e. The molecule has 1 rings (SSSR count). The zero-order chi connectivity index (χ0) is 11.3. The lowest BCUT2D eigenvalue weighted by molar-refractivity contribution is -0.138. The van der Waals surface area contributed by atoms with Crippen molar-refractivity contribution in [3.8, 4) is 5.75 Å². The normalized spacial score (nSPS) is 11.5. The number of carboxylic acids is 1. The van der Waals surface area contributed by atoms with Gasteiger partial charge in [-0.05, 0) is 29.6 Å². The average molecular weight is 207 g/mol. The lowest BCUT2D eigenvalue weighted by atomic mass is 10.1. The SMILES string of the molecule is [N-]=[N+]=NC(Cc1ccc(O)cc1)C(=O)O. The molecule has 1 aromatic rings. The fraction of sp³-hybridized carbons (Fsp3) is 0.222. The minimum Gasteiger partial charge on any atom is -0.508 e. The molecule has 0 heterocycles. The molecule has 78 valence electrons. The highest BCUT2D eigenvalue weighted by Gasteiger charge is 2.15. The molecule has 2 N–H and O–H groups in total. The third kappa shape index (κ3) is 3.21. The van der Waals surface area contributed by atoms with Gasteiger partial charge in [0.05, 0.1) is 0 Å². The molecule has 15 heavy (non-hydrogen) atoms. The number of carboxylic acid groups (broad SMARTS) is 1. The standard InChI is InChI=1S/C9H9N3O3/c10-12-11-8(9(14)15)5-6-1-3-7(13)4-2-6/h1-4,8,13H,5H2,(H,14,15). The monoisotopic (exact) mass is 207 g/mol. The summed E-state index contributed by atoms with van der Waals surface area (Å²) in [6, 6.07) is 4.95. The first-order valence-electron chi connectivity index (χ1n) is 4.18. The predicted molar refractivity (Wildman–Crippen MR) is 52.4 cm³/mol. The topological polar surface area (TPSA) is 106 Å². The molecule has 0 radical (unpaired) electrons. The van der Waals surface area contributed by atoms with Crippen LogP contribution in [-0.2, 0) is 11.2 Å². The van der Waals surface area contributed by atoms with Crippen LogP contribution in [0.4, 0.5) is 0 Å². The van der Waals surface area contributed by atoms with E-state index in [0.717, 1.165) is 0 Å². The van der Waals surface area contributed by atoms with Crippen molar-refractivity contribution in [3.63, 3.8) is 0 Å². The maximum absolute atomic E-state index is 10.6. The van der Waals surface area contributed by atoms with E-state index in [0.29, 0.717) is 5.56 Å². The number of rotatable bonds is 4. The lowest BCUT2D eigenvalue weighted by Gasteiger charge is -2.05. The molecule has 0 saturated carbocycles. The van der Waals surface area contributed by atoms with E-state index >= 15 is 0 Å². The highest BCUT2D eigenvalue weighted by Crippen LogP contribution is 2.12. The van der Waals surface area contributed by atoms with Gasteiger partial charge in [-0.25, -0.2) is 0 Å². The van der Waals surface area contributed by atoms with Crippen LogP contribution in [0.15, 0.2) is 29.4 Å². The summed E-state index contributed by atoms with van der Waals surface area (Å²) in [6.07, 6.45) is 0.111. The maximum atomic E-state index is 10.6. The molecular weight excluding hydrogens is 198 g/mol. The Morgan fingerprint density at radius 3 is 2.53 bits per heavy atom. The Labute approximate surface area is 85.4 Å². The van der Waals surface area contributed by atoms with Gasteiger partial charge in [-0.15, -0.1) is 0 Å². The van der Waals surface area contributed by atoms with Gasteiger partial charge in [0.15, 0.2) is 0 Å². The Kier molecular flexibility index (Phi) is 3.54. The molecule has 0 fully saturated rings. The van der Waals surface area contributed by atoms with E-state index < -0.39 is 12.0 Å². The van der Waals surface area contributed by atoms with E-state index in [1.54, 1.807) is 12.1 Å². The zero-order valence-electron chi connectivity index (χ0n) is 7.74. The van der Waals surface area contributed by atoms with E-state index in [2.05, 4.69) is 10.0 Å². The van der Waals surface area contributed by atoms with Crippen LogP contribution in [0.1, 0.15) is 5.56 Å². The van der Waals surface area contributed by atoms with Crippen molar-refractivity contribution in [1.82, 2.24) is 0 Å². The number of azide groups is 1. The van der Waals surface area contributed by atoms with E-state index in [1.165, 1.54) is 12.1 Å². The number of phenolic OH excluding ortho intramolecular Hbond substituents is 1. The first-order chi connectivity index (χ1) is 7.13. The van der Waals surface area contributed by atoms with Gasteiger partial charge in [-0.3, -0.25) is 4.79 Å². The van der Waals surface area contributed by atoms with Gasteiger partial charge in [0.1, 0.15) is 11.8 Å². The molecule has 0 amide bonds. The van der Waals surface area contributed by atoms with Crippen molar-refractivity contribution in [1.29, 1.82) is 0 Å². The van der Waals surface area contributed by atoms with Crippen LogP contribution in [0.5, 0.6) is 5.75 Å². The highest BCUT2D eigenvalue weighted by atomic mass is 16.4. The molecule has 0 spiro atoms. The van der Waals surface area contributed by atoms with Crippen LogP contribution in [0, 0.1) is 0 Å². The summed E-state index contributed by atoms with van der Waals surface area (Å²) in [5, 5.41) is 20.9. The number of phenols is 1.